The summed E-state index contributed by atoms with van der Waals surface area (Å²) >= 11 is 1.44. The number of carboxylic acids is 1. The first-order valence-electron chi connectivity index (χ1n) is 8.83. The van der Waals surface area contributed by atoms with Gasteiger partial charge in [0.05, 0.1) is 0 Å². The minimum atomic E-state index is -5.08. The Bertz CT molecular complexity index is 851. The molecule has 29 heavy (non-hydrogen) atoms. The second-order valence-electron chi connectivity index (χ2n) is 6.49. The standard InChI is InChI=1S/C18H19F2NS.C2HF3O2/c1-12-5-6-14(11-16(12)20)22-17-4-2-3-15(19)18(17)13-7-9-21-10-8-13;3-2(4,5)1(6)7/h2-6,11,13,21H,7-10H2,1H3;(H,6,7). The van der Waals surface area contributed by atoms with Gasteiger partial charge in [-0.15, -0.1) is 0 Å². The van der Waals surface area contributed by atoms with Gasteiger partial charge < -0.3 is 10.4 Å². The summed E-state index contributed by atoms with van der Waals surface area (Å²) in [6.45, 7) is 3.58. The Morgan fingerprint density at radius 2 is 1.72 bits per heavy atom. The van der Waals surface area contributed by atoms with Gasteiger partial charge in [0.1, 0.15) is 11.6 Å². The van der Waals surface area contributed by atoms with Gasteiger partial charge in [-0.3, -0.25) is 0 Å². The smallest absolute Gasteiger partial charge is 0.475 e. The number of hydrogen-bond acceptors (Lipinski definition) is 3. The summed E-state index contributed by atoms with van der Waals surface area (Å²) in [5.41, 5.74) is 1.41. The molecule has 0 unspecified atom stereocenters. The molecular weight excluding hydrogens is 413 g/mol. The number of alkyl halides is 3. The van der Waals surface area contributed by atoms with E-state index in [4.69, 9.17) is 9.90 Å². The first-order chi connectivity index (χ1) is 13.6. The van der Waals surface area contributed by atoms with Crippen molar-refractivity contribution < 1.29 is 31.9 Å². The van der Waals surface area contributed by atoms with Crippen LogP contribution in [0.15, 0.2) is 46.2 Å². The number of rotatable bonds is 3. The molecular formula is C20H20F5NO2S. The number of carboxylic acid groups (broad SMARTS) is 1. The van der Waals surface area contributed by atoms with Crippen LogP contribution in [0.2, 0.25) is 0 Å². The van der Waals surface area contributed by atoms with Crippen molar-refractivity contribution in [2.24, 2.45) is 0 Å². The zero-order valence-corrected chi connectivity index (χ0v) is 16.3. The Hall–Kier alpha value is -2.13. The molecule has 0 spiro atoms. The number of aryl methyl sites for hydroxylation is 1. The van der Waals surface area contributed by atoms with E-state index in [1.165, 1.54) is 23.9 Å². The van der Waals surface area contributed by atoms with Crippen molar-refractivity contribution in [1.29, 1.82) is 0 Å². The third kappa shape index (κ3) is 6.71. The summed E-state index contributed by atoms with van der Waals surface area (Å²) in [5, 5.41) is 10.4. The summed E-state index contributed by atoms with van der Waals surface area (Å²) in [5.74, 6) is -2.89. The van der Waals surface area contributed by atoms with Gasteiger partial charge in [-0.2, -0.15) is 13.2 Å². The summed E-state index contributed by atoms with van der Waals surface area (Å²) in [6, 6.07) is 10.4. The predicted molar refractivity (Wildman–Crippen MR) is 100 cm³/mol. The Labute approximate surface area is 169 Å². The van der Waals surface area contributed by atoms with Gasteiger partial charge in [-0.1, -0.05) is 23.9 Å². The molecule has 1 fully saturated rings. The van der Waals surface area contributed by atoms with E-state index in [0.29, 0.717) is 5.56 Å². The maximum atomic E-state index is 14.4. The largest absolute Gasteiger partial charge is 0.490 e. The van der Waals surface area contributed by atoms with Gasteiger partial charge in [-0.25, -0.2) is 13.6 Å². The lowest BCUT2D eigenvalue weighted by Crippen LogP contribution is -2.27. The van der Waals surface area contributed by atoms with Crippen LogP contribution in [0.3, 0.4) is 0 Å². The molecule has 9 heteroatoms. The fourth-order valence-electron chi connectivity index (χ4n) is 2.88. The van der Waals surface area contributed by atoms with Crippen molar-refractivity contribution in [2.75, 3.05) is 13.1 Å². The Morgan fingerprint density at radius 1 is 1.10 bits per heavy atom. The molecule has 2 N–H and O–H groups in total. The topological polar surface area (TPSA) is 49.3 Å². The number of hydrogen-bond donors (Lipinski definition) is 2. The minimum Gasteiger partial charge on any atom is -0.475 e. The quantitative estimate of drug-likeness (QED) is 0.626. The second kappa shape index (κ2) is 10.1. The highest BCUT2D eigenvalue weighted by Gasteiger charge is 2.38. The highest BCUT2D eigenvalue weighted by atomic mass is 32.2. The van der Waals surface area contributed by atoms with Gasteiger partial charge in [-0.05, 0) is 68.6 Å². The molecule has 0 aromatic heterocycles. The van der Waals surface area contributed by atoms with Crippen LogP contribution in [-0.2, 0) is 4.79 Å². The van der Waals surface area contributed by atoms with E-state index >= 15 is 0 Å². The van der Waals surface area contributed by atoms with Gasteiger partial charge in [0.2, 0.25) is 0 Å². The summed E-state index contributed by atoms with van der Waals surface area (Å²) in [6.07, 6.45) is -3.20. The van der Waals surface area contributed by atoms with Gasteiger partial charge in [0.15, 0.2) is 0 Å². The highest BCUT2D eigenvalue weighted by Crippen LogP contribution is 2.38. The van der Waals surface area contributed by atoms with Crippen LogP contribution >= 0.6 is 11.8 Å². The molecule has 3 nitrogen and oxygen atoms in total. The normalized spacial score (nSPS) is 14.8. The highest BCUT2D eigenvalue weighted by molar-refractivity contribution is 7.99. The van der Waals surface area contributed by atoms with Gasteiger partial charge in [0, 0.05) is 15.4 Å². The lowest BCUT2D eigenvalue weighted by atomic mass is 9.90. The Kier molecular flexibility index (Phi) is 8.04. The number of aliphatic carboxylic acids is 1. The van der Waals surface area contributed by atoms with Crippen LogP contribution in [0.5, 0.6) is 0 Å². The maximum absolute atomic E-state index is 14.4. The molecule has 0 aliphatic carbocycles. The van der Waals surface area contributed by atoms with Gasteiger partial charge in [0.25, 0.3) is 0 Å². The molecule has 1 aliphatic heterocycles. The lowest BCUT2D eigenvalue weighted by molar-refractivity contribution is -0.192. The SMILES string of the molecule is Cc1ccc(Sc2cccc(F)c2C2CCNCC2)cc1F.O=C(O)C(F)(F)F. The van der Waals surface area contributed by atoms with E-state index in [0.717, 1.165) is 41.3 Å². The fraction of sp³-hybridized carbons (Fsp3) is 0.350. The molecule has 1 aliphatic rings. The van der Waals surface area contributed by atoms with Crippen LogP contribution in [0.1, 0.15) is 29.9 Å². The molecule has 0 amide bonds. The van der Waals surface area contributed by atoms with Crippen molar-refractivity contribution in [3.63, 3.8) is 0 Å². The molecule has 1 saturated heterocycles. The third-order valence-electron chi connectivity index (χ3n) is 4.37. The average Bonchev–Trinajstić information content (AvgIpc) is 2.65. The van der Waals surface area contributed by atoms with Crippen molar-refractivity contribution in [3.8, 4) is 0 Å². The third-order valence-corrected chi connectivity index (χ3v) is 5.44. The molecule has 2 aromatic carbocycles. The van der Waals surface area contributed by atoms with Crippen LogP contribution in [0.25, 0.3) is 0 Å². The van der Waals surface area contributed by atoms with Crippen LogP contribution in [0.4, 0.5) is 22.0 Å². The van der Waals surface area contributed by atoms with Crippen molar-refractivity contribution in [1.82, 2.24) is 5.32 Å². The number of carbonyl (C=O) groups is 1. The van der Waals surface area contributed by atoms with Crippen molar-refractivity contribution >= 4 is 17.7 Å². The van der Waals surface area contributed by atoms with Gasteiger partial charge >= 0.3 is 12.1 Å². The van der Waals surface area contributed by atoms with Crippen LogP contribution < -0.4 is 5.32 Å². The van der Waals surface area contributed by atoms with Crippen molar-refractivity contribution in [3.05, 3.63) is 59.2 Å². The van der Waals surface area contributed by atoms with E-state index in [9.17, 15) is 22.0 Å². The summed E-state index contributed by atoms with van der Waals surface area (Å²) in [4.78, 5) is 10.6. The van der Waals surface area contributed by atoms with Crippen molar-refractivity contribution in [2.45, 2.75) is 41.7 Å². The van der Waals surface area contributed by atoms with E-state index in [-0.39, 0.29) is 17.6 Å². The monoisotopic (exact) mass is 433 g/mol. The fourth-order valence-corrected chi connectivity index (χ4v) is 3.95. The lowest BCUT2D eigenvalue weighted by Gasteiger charge is -2.25. The van der Waals surface area contributed by atoms with Crippen LogP contribution in [0, 0.1) is 18.6 Å². The number of halogens is 5. The second-order valence-corrected chi connectivity index (χ2v) is 7.61. The van der Waals surface area contributed by atoms with E-state index in [1.54, 1.807) is 19.1 Å². The molecule has 0 bridgehead atoms. The van der Waals surface area contributed by atoms with Crippen LogP contribution in [-0.4, -0.2) is 30.3 Å². The maximum Gasteiger partial charge on any atom is 0.490 e. The number of benzene rings is 2. The summed E-state index contributed by atoms with van der Waals surface area (Å²) < 4.78 is 59.8. The minimum absolute atomic E-state index is 0.149. The average molecular weight is 433 g/mol. The summed E-state index contributed by atoms with van der Waals surface area (Å²) in [7, 11) is 0. The number of piperidine rings is 1. The predicted octanol–water partition coefficient (Wildman–Crippen LogP) is 5.52. The Morgan fingerprint density at radius 3 is 2.28 bits per heavy atom. The molecule has 0 radical (unpaired) electrons. The van der Waals surface area contributed by atoms with E-state index < -0.39 is 12.1 Å². The van der Waals surface area contributed by atoms with E-state index in [2.05, 4.69) is 5.32 Å². The zero-order valence-electron chi connectivity index (χ0n) is 15.5. The number of nitrogens with one attached hydrogen (secondary N) is 1. The molecule has 158 valence electrons. The molecule has 1 heterocycles. The van der Waals surface area contributed by atoms with E-state index in [1.807, 2.05) is 12.1 Å². The molecule has 3 rings (SSSR count). The zero-order chi connectivity index (χ0) is 21.6. The molecule has 2 aromatic rings. The first kappa shape index (κ1) is 23.2. The Balaban J connectivity index is 0.000000370. The molecule has 0 saturated carbocycles. The first-order valence-corrected chi connectivity index (χ1v) is 9.64. The molecule has 0 atom stereocenters.